The second-order valence-corrected chi connectivity index (χ2v) is 3.58. The third-order valence-corrected chi connectivity index (χ3v) is 2.07. The fraction of sp³-hybridized carbons (Fsp3) is 0.300. The lowest BCUT2D eigenvalue weighted by molar-refractivity contribution is -0.384. The molecule has 0 aliphatic heterocycles. The number of hydrogen-bond donors (Lipinski definition) is 3. The smallest absolute Gasteiger partial charge is 0.293 e. The molecule has 1 atom stereocenters. The molecule has 92 valence electrons. The van der Waals surface area contributed by atoms with Crippen molar-refractivity contribution in [2.45, 2.75) is 13.0 Å². The number of amides is 1. The first-order valence-electron chi connectivity index (χ1n) is 4.92. The summed E-state index contributed by atoms with van der Waals surface area (Å²) in [5.41, 5.74) is 5.09. The fourth-order valence-corrected chi connectivity index (χ4v) is 1.24. The number of carbonyl (C=O) groups is 1. The second kappa shape index (κ2) is 5.26. The molecule has 0 aliphatic rings. The minimum Gasteiger partial charge on any atom is -0.392 e. The van der Waals surface area contributed by atoms with Gasteiger partial charge in [0.25, 0.3) is 5.69 Å². The van der Waals surface area contributed by atoms with E-state index in [1.54, 1.807) is 6.92 Å². The van der Waals surface area contributed by atoms with Gasteiger partial charge in [-0.2, -0.15) is 0 Å². The summed E-state index contributed by atoms with van der Waals surface area (Å²) in [6.07, 6.45) is -0.634. The molecular weight excluding hydrogens is 226 g/mol. The number of aliphatic hydroxyl groups excluding tert-OH is 1. The molecule has 1 amide bonds. The van der Waals surface area contributed by atoms with Crippen LogP contribution < -0.4 is 11.1 Å². The molecule has 1 rings (SSSR count). The summed E-state index contributed by atoms with van der Waals surface area (Å²) in [6.45, 7) is 1.73. The molecule has 0 radical (unpaired) electrons. The van der Waals surface area contributed by atoms with E-state index in [4.69, 9.17) is 10.8 Å². The lowest BCUT2D eigenvalue weighted by atomic mass is 10.1. The third-order valence-electron chi connectivity index (χ3n) is 2.07. The number of aliphatic hydroxyl groups is 1. The van der Waals surface area contributed by atoms with Crippen molar-refractivity contribution in [3.8, 4) is 0 Å². The number of carbonyl (C=O) groups excluding carboxylic acids is 1. The van der Waals surface area contributed by atoms with E-state index in [2.05, 4.69) is 5.32 Å². The SMILES string of the molecule is CC(O)CNc1ccc(C(N)=O)cc1[N+](=O)[O-]. The fourth-order valence-electron chi connectivity index (χ4n) is 1.24. The molecule has 4 N–H and O–H groups in total. The number of primary amides is 1. The van der Waals surface area contributed by atoms with E-state index in [1.165, 1.54) is 12.1 Å². The van der Waals surface area contributed by atoms with E-state index in [0.717, 1.165) is 6.07 Å². The van der Waals surface area contributed by atoms with Crippen LogP contribution in [0.15, 0.2) is 18.2 Å². The molecule has 0 aromatic heterocycles. The van der Waals surface area contributed by atoms with Crippen LogP contribution in [0.5, 0.6) is 0 Å². The monoisotopic (exact) mass is 239 g/mol. The lowest BCUT2D eigenvalue weighted by Gasteiger charge is -2.09. The Morgan fingerprint density at radius 2 is 2.29 bits per heavy atom. The van der Waals surface area contributed by atoms with Crippen molar-refractivity contribution < 1.29 is 14.8 Å². The van der Waals surface area contributed by atoms with Gasteiger partial charge in [-0.15, -0.1) is 0 Å². The number of rotatable bonds is 5. The molecule has 0 aliphatic carbocycles. The standard InChI is InChI=1S/C10H13N3O4/c1-6(14)5-12-8-3-2-7(10(11)15)4-9(8)13(16)17/h2-4,6,12,14H,5H2,1H3,(H2,11,15). The van der Waals surface area contributed by atoms with E-state index < -0.39 is 16.9 Å². The van der Waals surface area contributed by atoms with Gasteiger partial charge in [0.2, 0.25) is 5.91 Å². The number of nitro benzene ring substituents is 1. The Kier molecular flexibility index (Phi) is 4.00. The first kappa shape index (κ1) is 12.9. The quantitative estimate of drug-likeness (QED) is 0.510. The predicted octanol–water partition coefficient (Wildman–Crippen LogP) is 0.486. The van der Waals surface area contributed by atoms with Crippen LogP contribution >= 0.6 is 0 Å². The van der Waals surface area contributed by atoms with Gasteiger partial charge in [-0.05, 0) is 19.1 Å². The van der Waals surface area contributed by atoms with Gasteiger partial charge in [0.15, 0.2) is 0 Å². The van der Waals surface area contributed by atoms with Crippen LogP contribution in [-0.2, 0) is 0 Å². The van der Waals surface area contributed by atoms with Crippen molar-refractivity contribution in [1.29, 1.82) is 0 Å². The van der Waals surface area contributed by atoms with Gasteiger partial charge >= 0.3 is 0 Å². The van der Waals surface area contributed by atoms with E-state index in [-0.39, 0.29) is 23.5 Å². The predicted molar refractivity (Wildman–Crippen MR) is 61.8 cm³/mol. The number of benzene rings is 1. The number of nitrogens with zero attached hydrogens (tertiary/aromatic N) is 1. The minimum absolute atomic E-state index is 0.0688. The first-order valence-corrected chi connectivity index (χ1v) is 4.92. The summed E-state index contributed by atoms with van der Waals surface area (Å²) < 4.78 is 0. The highest BCUT2D eigenvalue weighted by Crippen LogP contribution is 2.25. The van der Waals surface area contributed by atoms with Crippen molar-refractivity contribution in [1.82, 2.24) is 0 Å². The maximum absolute atomic E-state index is 10.9. The van der Waals surface area contributed by atoms with Crippen molar-refractivity contribution in [3.05, 3.63) is 33.9 Å². The van der Waals surface area contributed by atoms with Gasteiger partial charge in [0, 0.05) is 18.2 Å². The molecule has 0 heterocycles. The summed E-state index contributed by atoms with van der Waals surface area (Å²) in [4.78, 5) is 21.1. The Hall–Kier alpha value is -2.15. The second-order valence-electron chi connectivity index (χ2n) is 3.58. The molecule has 0 saturated carbocycles. The van der Waals surface area contributed by atoms with Gasteiger partial charge < -0.3 is 16.2 Å². The van der Waals surface area contributed by atoms with Crippen LogP contribution in [0.1, 0.15) is 17.3 Å². The Morgan fingerprint density at radius 1 is 1.65 bits per heavy atom. The average molecular weight is 239 g/mol. The van der Waals surface area contributed by atoms with Crippen molar-refractivity contribution >= 4 is 17.3 Å². The Bertz CT molecular complexity index is 445. The molecule has 7 heteroatoms. The zero-order valence-corrected chi connectivity index (χ0v) is 9.21. The van der Waals surface area contributed by atoms with E-state index in [0.29, 0.717) is 0 Å². The zero-order chi connectivity index (χ0) is 13.0. The highest BCUT2D eigenvalue weighted by atomic mass is 16.6. The minimum atomic E-state index is -0.727. The molecule has 0 saturated heterocycles. The van der Waals surface area contributed by atoms with Crippen LogP contribution in [0, 0.1) is 10.1 Å². The normalized spacial score (nSPS) is 11.9. The topological polar surface area (TPSA) is 118 Å². The zero-order valence-electron chi connectivity index (χ0n) is 9.21. The number of hydrogen-bond acceptors (Lipinski definition) is 5. The summed E-state index contributed by atoms with van der Waals surface area (Å²) in [6, 6.07) is 3.88. The third kappa shape index (κ3) is 3.42. The molecule has 0 fully saturated rings. The number of nitro groups is 1. The van der Waals surface area contributed by atoms with E-state index in [1.807, 2.05) is 0 Å². The Balaban J connectivity index is 3.04. The average Bonchev–Trinajstić information content (AvgIpc) is 2.25. The molecule has 0 bridgehead atoms. The van der Waals surface area contributed by atoms with Crippen molar-refractivity contribution in [2.75, 3.05) is 11.9 Å². The van der Waals surface area contributed by atoms with Gasteiger partial charge in [-0.25, -0.2) is 0 Å². The van der Waals surface area contributed by atoms with Gasteiger partial charge in [-0.3, -0.25) is 14.9 Å². The lowest BCUT2D eigenvalue weighted by Crippen LogP contribution is -2.17. The summed E-state index contributed by atoms with van der Waals surface area (Å²) >= 11 is 0. The van der Waals surface area contributed by atoms with Crippen LogP contribution in [0.4, 0.5) is 11.4 Å². The molecule has 17 heavy (non-hydrogen) atoms. The van der Waals surface area contributed by atoms with E-state index >= 15 is 0 Å². The van der Waals surface area contributed by atoms with Gasteiger partial charge in [-0.1, -0.05) is 0 Å². The van der Waals surface area contributed by atoms with Crippen LogP contribution in [0.25, 0.3) is 0 Å². The van der Waals surface area contributed by atoms with Crippen molar-refractivity contribution in [2.24, 2.45) is 5.73 Å². The molecule has 1 unspecified atom stereocenters. The Morgan fingerprint density at radius 3 is 2.76 bits per heavy atom. The van der Waals surface area contributed by atoms with Crippen molar-refractivity contribution in [3.63, 3.8) is 0 Å². The summed E-state index contributed by atoms with van der Waals surface area (Å²) in [5, 5.41) is 22.6. The molecule has 0 spiro atoms. The molecule has 7 nitrogen and oxygen atoms in total. The number of nitrogens with two attached hydrogens (primary N) is 1. The largest absolute Gasteiger partial charge is 0.392 e. The highest BCUT2D eigenvalue weighted by molar-refractivity contribution is 5.94. The van der Waals surface area contributed by atoms with Gasteiger partial charge in [0.1, 0.15) is 5.69 Å². The summed E-state index contributed by atoms with van der Waals surface area (Å²) in [5.74, 6) is -0.727. The molecule has 1 aromatic rings. The van der Waals surface area contributed by atoms with Gasteiger partial charge in [0.05, 0.1) is 11.0 Å². The van der Waals surface area contributed by atoms with E-state index in [9.17, 15) is 14.9 Å². The molecule has 1 aromatic carbocycles. The number of nitrogens with one attached hydrogen (secondary N) is 1. The highest BCUT2D eigenvalue weighted by Gasteiger charge is 2.16. The van der Waals surface area contributed by atoms with Crippen LogP contribution in [-0.4, -0.2) is 28.6 Å². The maximum Gasteiger partial charge on any atom is 0.293 e. The van der Waals surface area contributed by atoms with Crippen LogP contribution in [0.3, 0.4) is 0 Å². The first-order chi connectivity index (χ1) is 7.91. The maximum atomic E-state index is 10.9. The number of anilines is 1. The van der Waals surface area contributed by atoms with Crippen LogP contribution in [0.2, 0.25) is 0 Å². The Labute approximate surface area is 97.4 Å². The summed E-state index contributed by atoms with van der Waals surface area (Å²) in [7, 11) is 0. The molecular formula is C10H13N3O4.